The Hall–Kier alpha value is -2.29. The van der Waals surface area contributed by atoms with E-state index in [9.17, 15) is 4.79 Å². The van der Waals surface area contributed by atoms with Crippen molar-refractivity contribution in [3.8, 4) is 11.5 Å². The van der Waals surface area contributed by atoms with Crippen LogP contribution in [0.1, 0.15) is 39.6 Å². The summed E-state index contributed by atoms with van der Waals surface area (Å²) in [4.78, 5) is 12.3. The van der Waals surface area contributed by atoms with Crippen molar-refractivity contribution in [3.05, 3.63) is 58.7 Å². The zero-order valence-electron chi connectivity index (χ0n) is 12.5. The van der Waals surface area contributed by atoms with Crippen LogP contribution < -0.4 is 9.47 Å². The van der Waals surface area contributed by atoms with Crippen molar-refractivity contribution in [2.75, 3.05) is 7.11 Å². The summed E-state index contributed by atoms with van der Waals surface area (Å²) in [5.74, 6) is 1.42. The van der Waals surface area contributed by atoms with Gasteiger partial charge in [-0.05, 0) is 42.7 Å². The van der Waals surface area contributed by atoms with Crippen LogP contribution >= 0.6 is 0 Å². The van der Waals surface area contributed by atoms with Gasteiger partial charge in [-0.3, -0.25) is 4.79 Å². The molecule has 0 amide bonds. The first-order valence-corrected chi connectivity index (χ1v) is 7.04. The van der Waals surface area contributed by atoms with Crippen LogP contribution in [0.2, 0.25) is 0 Å². The quantitative estimate of drug-likeness (QED) is 0.834. The van der Waals surface area contributed by atoms with Crippen LogP contribution in [0, 0.1) is 13.8 Å². The number of hydrogen-bond donors (Lipinski definition) is 0. The number of fused-ring (bicyclic) bond motifs is 1. The van der Waals surface area contributed by atoms with Gasteiger partial charge >= 0.3 is 0 Å². The SMILES string of the molecule is COc1ccc2c(c1)OC(c1cccc(C)c1C)CC2=O. The lowest BCUT2D eigenvalue weighted by Gasteiger charge is -2.27. The van der Waals surface area contributed by atoms with Crippen molar-refractivity contribution in [1.82, 2.24) is 0 Å². The number of methoxy groups -OCH3 is 1. The fourth-order valence-corrected chi connectivity index (χ4v) is 2.73. The second kappa shape index (κ2) is 5.24. The van der Waals surface area contributed by atoms with Crippen LogP contribution in [-0.4, -0.2) is 12.9 Å². The Labute approximate surface area is 124 Å². The minimum atomic E-state index is -0.225. The van der Waals surface area contributed by atoms with E-state index >= 15 is 0 Å². The summed E-state index contributed by atoms with van der Waals surface area (Å²) in [5, 5.41) is 0. The number of carbonyl (C=O) groups excluding carboxylic acids is 1. The Morgan fingerprint density at radius 3 is 2.76 bits per heavy atom. The molecule has 3 heteroatoms. The molecule has 3 nitrogen and oxygen atoms in total. The van der Waals surface area contributed by atoms with E-state index in [2.05, 4.69) is 19.9 Å². The van der Waals surface area contributed by atoms with E-state index in [1.165, 1.54) is 11.1 Å². The lowest BCUT2D eigenvalue weighted by molar-refractivity contribution is 0.0849. The number of ketones is 1. The molecule has 0 bridgehead atoms. The smallest absolute Gasteiger partial charge is 0.170 e. The Morgan fingerprint density at radius 1 is 1.19 bits per heavy atom. The standard InChI is InChI=1S/C18H18O3/c1-11-5-4-6-14(12(11)2)18-10-16(19)15-8-7-13(20-3)9-17(15)21-18/h4-9,18H,10H2,1-3H3. The molecule has 0 aliphatic carbocycles. The van der Waals surface area contributed by atoms with Crippen molar-refractivity contribution in [3.63, 3.8) is 0 Å². The predicted molar refractivity (Wildman–Crippen MR) is 81.2 cm³/mol. The maximum absolute atomic E-state index is 12.3. The second-order valence-electron chi connectivity index (χ2n) is 5.39. The summed E-state index contributed by atoms with van der Waals surface area (Å²) in [6.45, 7) is 4.14. The molecule has 0 saturated carbocycles. The van der Waals surface area contributed by atoms with Gasteiger partial charge in [-0.2, -0.15) is 0 Å². The van der Waals surface area contributed by atoms with Crippen molar-refractivity contribution < 1.29 is 14.3 Å². The lowest BCUT2D eigenvalue weighted by Crippen LogP contribution is -2.21. The van der Waals surface area contributed by atoms with Gasteiger partial charge in [0.05, 0.1) is 19.1 Å². The Balaban J connectivity index is 2.01. The summed E-state index contributed by atoms with van der Waals surface area (Å²) >= 11 is 0. The third kappa shape index (κ3) is 2.40. The summed E-state index contributed by atoms with van der Waals surface area (Å²) in [7, 11) is 1.61. The molecule has 21 heavy (non-hydrogen) atoms. The maximum atomic E-state index is 12.3. The summed E-state index contributed by atoms with van der Waals surface area (Å²) in [5.41, 5.74) is 4.11. The van der Waals surface area contributed by atoms with Gasteiger partial charge in [-0.15, -0.1) is 0 Å². The first kappa shape index (κ1) is 13.7. The number of hydrogen-bond acceptors (Lipinski definition) is 3. The molecule has 2 aromatic rings. The molecule has 1 aliphatic rings. The van der Waals surface area contributed by atoms with Crippen LogP contribution in [0.25, 0.3) is 0 Å². The molecular formula is C18H18O3. The molecule has 2 aromatic carbocycles. The normalized spacial score (nSPS) is 17.1. The highest BCUT2D eigenvalue weighted by molar-refractivity contribution is 6.00. The number of benzene rings is 2. The van der Waals surface area contributed by atoms with Gasteiger partial charge in [0.25, 0.3) is 0 Å². The largest absolute Gasteiger partial charge is 0.497 e. The lowest BCUT2D eigenvalue weighted by atomic mass is 9.92. The van der Waals surface area contributed by atoms with Gasteiger partial charge in [-0.1, -0.05) is 18.2 Å². The Morgan fingerprint density at radius 2 is 2.00 bits per heavy atom. The number of ether oxygens (including phenoxy) is 2. The van der Waals surface area contributed by atoms with Crippen LogP contribution in [0.3, 0.4) is 0 Å². The molecule has 0 spiro atoms. The first-order valence-electron chi connectivity index (χ1n) is 7.04. The number of Topliss-reactive ketones (excluding diaryl/α,β-unsaturated/α-hetero) is 1. The number of aryl methyl sites for hydroxylation is 1. The zero-order chi connectivity index (χ0) is 15.0. The van der Waals surface area contributed by atoms with E-state index in [1.807, 2.05) is 12.1 Å². The van der Waals surface area contributed by atoms with Crippen LogP contribution in [0.5, 0.6) is 11.5 Å². The summed E-state index contributed by atoms with van der Waals surface area (Å²) in [6.07, 6.45) is 0.154. The molecule has 1 heterocycles. The molecule has 0 radical (unpaired) electrons. The topological polar surface area (TPSA) is 35.5 Å². The van der Waals surface area contributed by atoms with E-state index < -0.39 is 0 Å². The van der Waals surface area contributed by atoms with E-state index in [4.69, 9.17) is 9.47 Å². The van der Waals surface area contributed by atoms with Crippen LogP contribution in [-0.2, 0) is 0 Å². The highest BCUT2D eigenvalue weighted by atomic mass is 16.5. The molecule has 0 aromatic heterocycles. The van der Waals surface area contributed by atoms with Gasteiger partial charge in [0, 0.05) is 6.07 Å². The third-order valence-electron chi connectivity index (χ3n) is 4.12. The molecule has 108 valence electrons. The highest BCUT2D eigenvalue weighted by Crippen LogP contribution is 2.38. The molecule has 0 N–H and O–H groups in total. The second-order valence-corrected chi connectivity index (χ2v) is 5.39. The monoisotopic (exact) mass is 282 g/mol. The highest BCUT2D eigenvalue weighted by Gasteiger charge is 2.29. The molecule has 1 unspecified atom stereocenters. The fraction of sp³-hybridized carbons (Fsp3) is 0.278. The summed E-state index contributed by atoms with van der Waals surface area (Å²) in [6, 6.07) is 11.5. The third-order valence-corrected chi connectivity index (χ3v) is 4.12. The van der Waals surface area contributed by atoms with E-state index in [0.29, 0.717) is 23.5 Å². The van der Waals surface area contributed by atoms with E-state index in [0.717, 1.165) is 5.56 Å². The van der Waals surface area contributed by atoms with Crippen LogP contribution in [0.15, 0.2) is 36.4 Å². The molecule has 1 aliphatic heterocycles. The van der Waals surface area contributed by atoms with Crippen molar-refractivity contribution in [2.24, 2.45) is 0 Å². The minimum absolute atomic E-state index is 0.116. The van der Waals surface area contributed by atoms with Gasteiger partial charge in [0.2, 0.25) is 0 Å². The molecular weight excluding hydrogens is 264 g/mol. The number of carbonyl (C=O) groups is 1. The average Bonchev–Trinajstić information content (AvgIpc) is 2.49. The van der Waals surface area contributed by atoms with Crippen molar-refractivity contribution in [1.29, 1.82) is 0 Å². The van der Waals surface area contributed by atoms with Gasteiger partial charge in [0.15, 0.2) is 5.78 Å². The Kier molecular flexibility index (Phi) is 3.42. The molecule has 0 saturated heterocycles. The maximum Gasteiger partial charge on any atom is 0.170 e. The van der Waals surface area contributed by atoms with Gasteiger partial charge in [-0.25, -0.2) is 0 Å². The molecule has 0 fully saturated rings. The zero-order valence-corrected chi connectivity index (χ0v) is 12.5. The minimum Gasteiger partial charge on any atom is -0.497 e. The first-order chi connectivity index (χ1) is 10.1. The summed E-state index contributed by atoms with van der Waals surface area (Å²) < 4.78 is 11.3. The molecule has 3 rings (SSSR count). The average molecular weight is 282 g/mol. The van der Waals surface area contributed by atoms with Crippen molar-refractivity contribution in [2.45, 2.75) is 26.4 Å². The fourth-order valence-electron chi connectivity index (χ4n) is 2.73. The number of rotatable bonds is 2. The molecule has 1 atom stereocenters. The van der Waals surface area contributed by atoms with Crippen molar-refractivity contribution >= 4 is 5.78 Å². The predicted octanol–water partition coefficient (Wildman–Crippen LogP) is 4.02. The van der Waals surface area contributed by atoms with E-state index in [1.54, 1.807) is 25.3 Å². The van der Waals surface area contributed by atoms with E-state index in [-0.39, 0.29) is 11.9 Å². The van der Waals surface area contributed by atoms with Gasteiger partial charge < -0.3 is 9.47 Å². The van der Waals surface area contributed by atoms with Crippen LogP contribution in [0.4, 0.5) is 0 Å². The van der Waals surface area contributed by atoms with Gasteiger partial charge in [0.1, 0.15) is 17.6 Å². The Bertz CT molecular complexity index is 704.